The van der Waals surface area contributed by atoms with Crippen LogP contribution < -0.4 is 10.9 Å². The summed E-state index contributed by atoms with van der Waals surface area (Å²) in [6.07, 6.45) is 1.39. The fraction of sp³-hybridized carbons (Fsp3) is 0.409. The van der Waals surface area contributed by atoms with Crippen molar-refractivity contribution < 1.29 is 9.21 Å². The van der Waals surface area contributed by atoms with Crippen LogP contribution in [0.1, 0.15) is 27.2 Å². The van der Waals surface area contributed by atoms with E-state index in [0.717, 1.165) is 38.3 Å². The van der Waals surface area contributed by atoms with Gasteiger partial charge in [0.05, 0.1) is 5.56 Å². The molecular weight excluding hydrogens is 382 g/mol. The number of fused-ring (bicyclic) bond motifs is 1. The molecular formula is C22H27N5O3. The summed E-state index contributed by atoms with van der Waals surface area (Å²) in [5.74, 6) is 0.0583. The molecule has 0 saturated carbocycles. The van der Waals surface area contributed by atoms with Crippen molar-refractivity contribution in [3.8, 4) is 0 Å². The highest BCUT2D eigenvalue weighted by molar-refractivity contribution is 6.06. The van der Waals surface area contributed by atoms with E-state index in [9.17, 15) is 9.59 Å². The van der Waals surface area contributed by atoms with Gasteiger partial charge in [-0.25, -0.2) is 4.98 Å². The van der Waals surface area contributed by atoms with Crippen molar-refractivity contribution in [2.24, 2.45) is 7.05 Å². The number of nitrogens with one attached hydrogen (secondary N) is 1. The average Bonchev–Trinajstić information content (AvgIpc) is 3.08. The fourth-order valence-corrected chi connectivity index (χ4v) is 3.83. The van der Waals surface area contributed by atoms with Gasteiger partial charge in [0, 0.05) is 46.3 Å². The first-order valence-corrected chi connectivity index (χ1v) is 10.1. The van der Waals surface area contributed by atoms with E-state index in [1.807, 2.05) is 12.1 Å². The molecule has 0 unspecified atom stereocenters. The lowest BCUT2D eigenvalue weighted by molar-refractivity contribution is 0.0950. The first-order chi connectivity index (χ1) is 14.4. The lowest BCUT2D eigenvalue weighted by Crippen LogP contribution is -2.43. The highest BCUT2D eigenvalue weighted by atomic mass is 16.3. The van der Waals surface area contributed by atoms with E-state index >= 15 is 0 Å². The molecule has 1 amide bonds. The number of hydrogen-bond donors (Lipinski definition) is 1. The molecule has 30 heavy (non-hydrogen) atoms. The highest BCUT2D eigenvalue weighted by Gasteiger charge is 2.22. The van der Waals surface area contributed by atoms with E-state index in [2.05, 4.69) is 39.3 Å². The van der Waals surface area contributed by atoms with Gasteiger partial charge in [0.1, 0.15) is 17.5 Å². The predicted octanol–water partition coefficient (Wildman–Crippen LogP) is 1.51. The van der Waals surface area contributed by atoms with Crippen LogP contribution in [0.4, 0.5) is 0 Å². The molecule has 1 aliphatic heterocycles. The summed E-state index contributed by atoms with van der Waals surface area (Å²) in [4.78, 5) is 34.2. The third-order valence-electron chi connectivity index (χ3n) is 5.62. The average molecular weight is 409 g/mol. The zero-order valence-electron chi connectivity index (χ0n) is 17.6. The topological polar surface area (TPSA) is 83.6 Å². The number of aryl methyl sites for hydroxylation is 2. The number of nitrogens with zero attached hydrogens (tertiary/aromatic N) is 4. The van der Waals surface area contributed by atoms with Gasteiger partial charge in [0.2, 0.25) is 5.71 Å². The fourth-order valence-electron chi connectivity index (χ4n) is 3.83. The third-order valence-corrected chi connectivity index (χ3v) is 5.62. The van der Waals surface area contributed by atoms with Gasteiger partial charge in [-0.2, -0.15) is 0 Å². The summed E-state index contributed by atoms with van der Waals surface area (Å²) < 4.78 is 6.87. The largest absolute Gasteiger partial charge is 0.442 e. The molecule has 0 bridgehead atoms. The van der Waals surface area contributed by atoms with Crippen LogP contribution >= 0.6 is 0 Å². The Hall–Kier alpha value is -2.97. The Kier molecular flexibility index (Phi) is 5.69. The number of carbonyl (C=O) groups is 1. The summed E-state index contributed by atoms with van der Waals surface area (Å²) in [6, 6.07) is 8.26. The van der Waals surface area contributed by atoms with Crippen LogP contribution in [-0.2, 0) is 20.1 Å². The number of furan rings is 1. The third kappa shape index (κ3) is 4.15. The minimum absolute atomic E-state index is 0.190. The minimum atomic E-state index is -0.333. The number of likely N-dealkylation sites (N-methyl/N-ethyl adjacent to an activating group) is 1. The monoisotopic (exact) mass is 409 g/mol. The van der Waals surface area contributed by atoms with Gasteiger partial charge in [-0.1, -0.05) is 24.3 Å². The van der Waals surface area contributed by atoms with E-state index < -0.39 is 0 Å². The van der Waals surface area contributed by atoms with Crippen molar-refractivity contribution in [3.63, 3.8) is 0 Å². The zero-order chi connectivity index (χ0) is 21.3. The number of piperazine rings is 1. The molecule has 1 saturated heterocycles. The number of aromatic nitrogens is 2. The Labute approximate surface area is 175 Å². The Bertz CT molecular complexity index is 1130. The molecule has 4 rings (SSSR count). The van der Waals surface area contributed by atoms with Crippen molar-refractivity contribution in [2.45, 2.75) is 20.0 Å². The summed E-state index contributed by atoms with van der Waals surface area (Å²) in [5.41, 5.74) is 2.40. The van der Waals surface area contributed by atoms with Gasteiger partial charge in [-0.15, -0.1) is 0 Å². The van der Waals surface area contributed by atoms with Gasteiger partial charge in [-0.3, -0.25) is 14.5 Å². The molecule has 3 aromatic rings. The standard InChI is InChI=1S/C22H27N5O3/c1-15-18(19-21(30-15)24-14-26(3)22(19)29)20(28)23-12-16-5-4-6-17(11-16)13-27-9-7-25(2)8-10-27/h4-6,11,14H,7-10,12-13H2,1-3H3,(H,23,28). The lowest BCUT2D eigenvalue weighted by atomic mass is 10.1. The predicted molar refractivity (Wildman–Crippen MR) is 114 cm³/mol. The normalized spacial score (nSPS) is 15.6. The van der Waals surface area contributed by atoms with Crippen molar-refractivity contribution in [1.82, 2.24) is 24.7 Å². The quantitative estimate of drug-likeness (QED) is 0.688. The van der Waals surface area contributed by atoms with E-state index in [1.165, 1.54) is 16.5 Å². The lowest BCUT2D eigenvalue weighted by Gasteiger charge is -2.32. The number of amides is 1. The van der Waals surface area contributed by atoms with Crippen molar-refractivity contribution in [2.75, 3.05) is 33.2 Å². The molecule has 0 spiro atoms. The van der Waals surface area contributed by atoms with Crippen LogP contribution in [-0.4, -0.2) is 58.5 Å². The minimum Gasteiger partial charge on any atom is -0.442 e. The Balaban J connectivity index is 1.46. The van der Waals surface area contributed by atoms with E-state index in [-0.39, 0.29) is 28.1 Å². The summed E-state index contributed by atoms with van der Waals surface area (Å²) in [5, 5.41) is 3.14. The molecule has 1 aromatic carbocycles. The van der Waals surface area contributed by atoms with Gasteiger partial charge < -0.3 is 19.2 Å². The van der Waals surface area contributed by atoms with Crippen molar-refractivity contribution in [3.05, 3.63) is 63.4 Å². The Morgan fingerprint density at radius 1 is 1.17 bits per heavy atom. The molecule has 8 heteroatoms. The summed E-state index contributed by atoms with van der Waals surface area (Å²) in [6.45, 7) is 7.25. The van der Waals surface area contributed by atoms with E-state index in [0.29, 0.717) is 12.3 Å². The van der Waals surface area contributed by atoms with Crippen molar-refractivity contribution >= 4 is 17.0 Å². The molecule has 0 radical (unpaired) electrons. The first kappa shape index (κ1) is 20.3. The molecule has 1 N–H and O–H groups in total. The summed E-state index contributed by atoms with van der Waals surface area (Å²) in [7, 11) is 3.75. The van der Waals surface area contributed by atoms with Gasteiger partial charge >= 0.3 is 0 Å². The molecule has 2 aromatic heterocycles. The zero-order valence-corrected chi connectivity index (χ0v) is 17.6. The molecule has 158 valence electrons. The molecule has 8 nitrogen and oxygen atoms in total. The van der Waals surface area contributed by atoms with Gasteiger partial charge in [0.25, 0.3) is 11.5 Å². The maximum Gasteiger partial charge on any atom is 0.265 e. The first-order valence-electron chi connectivity index (χ1n) is 10.1. The van der Waals surface area contributed by atoms with Crippen molar-refractivity contribution in [1.29, 1.82) is 0 Å². The smallest absolute Gasteiger partial charge is 0.265 e. The number of carbonyl (C=O) groups excluding carboxylic acids is 1. The van der Waals surface area contributed by atoms with E-state index in [1.54, 1.807) is 14.0 Å². The highest BCUT2D eigenvalue weighted by Crippen LogP contribution is 2.20. The Morgan fingerprint density at radius 2 is 1.90 bits per heavy atom. The molecule has 1 fully saturated rings. The second-order valence-corrected chi connectivity index (χ2v) is 7.96. The molecule has 0 atom stereocenters. The second-order valence-electron chi connectivity index (χ2n) is 7.96. The number of rotatable bonds is 5. The summed E-state index contributed by atoms with van der Waals surface area (Å²) >= 11 is 0. The van der Waals surface area contributed by atoms with Gasteiger partial charge in [-0.05, 0) is 25.1 Å². The Morgan fingerprint density at radius 3 is 2.67 bits per heavy atom. The van der Waals surface area contributed by atoms with E-state index in [4.69, 9.17) is 4.42 Å². The maximum atomic E-state index is 12.9. The maximum absolute atomic E-state index is 12.9. The number of hydrogen-bond acceptors (Lipinski definition) is 6. The van der Waals surface area contributed by atoms with Crippen LogP contribution in [0.15, 0.2) is 39.8 Å². The van der Waals surface area contributed by atoms with Crippen LogP contribution in [0.5, 0.6) is 0 Å². The molecule has 3 heterocycles. The SMILES string of the molecule is Cc1oc2ncn(C)c(=O)c2c1C(=O)NCc1cccc(CN2CCN(C)CC2)c1. The number of benzene rings is 1. The van der Waals surface area contributed by atoms with Crippen LogP contribution in [0, 0.1) is 6.92 Å². The van der Waals surface area contributed by atoms with Gasteiger partial charge in [0.15, 0.2) is 0 Å². The van der Waals surface area contributed by atoms with Crippen LogP contribution in [0.25, 0.3) is 11.1 Å². The van der Waals surface area contributed by atoms with Crippen LogP contribution in [0.2, 0.25) is 0 Å². The molecule has 1 aliphatic rings. The van der Waals surface area contributed by atoms with Crippen LogP contribution in [0.3, 0.4) is 0 Å². The second kappa shape index (κ2) is 8.41. The molecule has 0 aliphatic carbocycles.